The van der Waals surface area contributed by atoms with Crippen molar-refractivity contribution in [2.45, 2.75) is 76.3 Å². The number of fused-ring (bicyclic) bond motifs is 9. The fourth-order valence-electron chi connectivity index (χ4n) is 7.75. The molecule has 2 fully saturated rings. The number of aromatic nitrogens is 1. The number of carbonyl (C=O) groups excluding carboxylic acids is 1. The Morgan fingerprint density at radius 3 is 2.71 bits per heavy atom. The minimum Gasteiger partial charge on any atom is -0.358 e. The normalized spacial score (nSPS) is 41.9. The van der Waals surface area contributed by atoms with Crippen molar-refractivity contribution in [2.24, 2.45) is 11.3 Å². The minimum absolute atomic E-state index is 0.0120. The molecule has 31 heavy (non-hydrogen) atoms. The fourth-order valence-corrected chi connectivity index (χ4v) is 7.75. The number of nitrogens with one attached hydrogen (secondary N) is 1. The molecule has 1 aromatic carbocycles. The molecule has 2 bridgehead atoms. The Bertz CT molecular complexity index is 1250. The van der Waals surface area contributed by atoms with Gasteiger partial charge in [-0.1, -0.05) is 38.1 Å². The van der Waals surface area contributed by atoms with Crippen LogP contribution in [0, 0.1) is 11.3 Å². The molecular weight excluding hydrogens is 386 g/mol. The first-order valence-electron chi connectivity index (χ1n) is 11.6. The number of hydrogen-bond acceptors (Lipinski definition) is 3. The molecule has 1 saturated carbocycles. The first kappa shape index (κ1) is 18.4. The lowest BCUT2D eigenvalue weighted by Gasteiger charge is -2.58. The number of benzene rings is 1. The summed E-state index contributed by atoms with van der Waals surface area (Å²) in [6.45, 7) is 8.83. The number of para-hydroxylation sites is 1. The number of ether oxygens (including phenoxy) is 2. The quantitative estimate of drug-likeness (QED) is 0.649. The third-order valence-corrected chi connectivity index (χ3v) is 9.51. The van der Waals surface area contributed by atoms with E-state index in [-0.39, 0.29) is 16.6 Å². The molecule has 1 unspecified atom stereocenters. The van der Waals surface area contributed by atoms with E-state index in [4.69, 9.17) is 9.47 Å². The molecule has 2 aromatic rings. The second-order valence-corrected chi connectivity index (χ2v) is 11.2. The number of H-pyrrole nitrogens is 1. The van der Waals surface area contributed by atoms with Crippen molar-refractivity contribution in [1.29, 1.82) is 0 Å². The molecule has 3 heterocycles. The summed E-state index contributed by atoms with van der Waals surface area (Å²) in [4.78, 5) is 16.8. The Kier molecular flexibility index (Phi) is 3.11. The zero-order valence-electron chi connectivity index (χ0n) is 18.7. The van der Waals surface area contributed by atoms with Crippen LogP contribution < -0.4 is 0 Å². The molecule has 160 valence electrons. The fraction of sp³-hybridized carbons (Fsp3) is 0.519. The number of hydrogen-bond donors (Lipinski definition) is 1. The van der Waals surface area contributed by atoms with E-state index in [9.17, 15) is 4.79 Å². The highest BCUT2D eigenvalue weighted by Crippen LogP contribution is 2.68. The highest BCUT2D eigenvalue weighted by molar-refractivity contribution is 5.98. The summed E-state index contributed by atoms with van der Waals surface area (Å²) >= 11 is 0. The molecule has 2 aliphatic heterocycles. The van der Waals surface area contributed by atoms with E-state index in [1.807, 2.05) is 19.9 Å². The third-order valence-electron chi connectivity index (χ3n) is 9.51. The van der Waals surface area contributed by atoms with Crippen molar-refractivity contribution in [3.8, 4) is 0 Å². The smallest absolute Gasteiger partial charge is 0.196 e. The molecule has 4 nitrogen and oxygen atoms in total. The van der Waals surface area contributed by atoms with Crippen molar-refractivity contribution in [3.05, 3.63) is 58.8 Å². The number of allylic oxidation sites excluding steroid dienone is 1. The molecule has 7 rings (SSSR count). The maximum absolute atomic E-state index is 13.0. The Balaban J connectivity index is 1.42. The van der Waals surface area contributed by atoms with Gasteiger partial charge in [-0.15, -0.1) is 0 Å². The standard InChI is InChI=1S/C27H29NO3/c1-24(2)23-21(29)14-19-18-10-9-15-13-17-16-7-5-6-8-20(16)28-22(17)26(15,4)25(18,3)11-12-27(19,30-23)31-24/h5-8,10,14-15,23,28H,9,11-13H2,1-4H3/t15-,23-,25-,26+,27?/m0/s1. The molecule has 3 aliphatic carbocycles. The van der Waals surface area contributed by atoms with Crippen LogP contribution in [0.4, 0.5) is 0 Å². The molecule has 1 spiro atoms. The predicted molar refractivity (Wildman–Crippen MR) is 119 cm³/mol. The van der Waals surface area contributed by atoms with E-state index in [2.05, 4.69) is 49.2 Å². The van der Waals surface area contributed by atoms with Crippen molar-refractivity contribution in [2.75, 3.05) is 0 Å². The highest BCUT2D eigenvalue weighted by atomic mass is 16.8. The van der Waals surface area contributed by atoms with Crippen LogP contribution in [0.2, 0.25) is 0 Å². The van der Waals surface area contributed by atoms with Gasteiger partial charge in [-0.05, 0) is 62.3 Å². The van der Waals surface area contributed by atoms with Gasteiger partial charge in [0.05, 0.1) is 0 Å². The van der Waals surface area contributed by atoms with Crippen molar-refractivity contribution < 1.29 is 14.3 Å². The molecule has 0 amide bonds. The van der Waals surface area contributed by atoms with E-state index >= 15 is 0 Å². The highest BCUT2D eigenvalue weighted by Gasteiger charge is 2.68. The van der Waals surface area contributed by atoms with Crippen LogP contribution in [0.15, 0.2) is 47.6 Å². The monoisotopic (exact) mass is 415 g/mol. The second kappa shape index (κ2) is 5.24. The molecular formula is C27H29NO3. The van der Waals surface area contributed by atoms with Crippen molar-refractivity contribution in [3.63, 3.8) is 0 Å². The van der Waals surface area contributed by atoms with Gasteiger partial charge in [0.25, 0.3) is 0 Å². The van der Waals surface area contributed by atoms with Crippen LogP contribution in [0.1, 0.15) is 58.2 Å². The first-order chi connectivity index (χ1) is 14.7. The summed E-state index contributed by atoms with van der Waals surface area (Å²) in [7, 11) is 0. The van der Waals surface area contributed by atoms with E-state index in [1.54, 1.807) is 0 Å². The summed E-state index contributed by atoms with van der Waals surface area (Å²) in [5, 5.41) is 1.37. The Morgan fingerprint density at radius 1 is 1.06 bits per heavy atom. The van der Waals surface area contributed by atoms with Crippen LogP contribution in [-0.2, 0) is 26.1 Å². The first-order valence-corrected chi connectivity index (χ1v) is 11.6. The van der Waals surface area contributed by atoms with Gasteiger partial charge in [-0.2, -0.15) is 0 Å². The Morgan fingerprint density at radius 2 is 1.87 bits per heavy atom. The maximum Gasteiger partial charge on any atom is 0.196 e. The van der Waals surface area contributed by atoms with Gasteiger partial charge in [0.1, 0.15) is 5.60 Å². The summed E-state index contributed by atoms with van der Waals surface area (Å²) in [6.07, 6.45) is 7.66. The Hall–Kier alpha value is -2.17. The third kappa shape index (κ3) is 1.90. The summed E-state index contributed by atoms with van der Waals surface area (Å²) < 4.78 is 12.9. The van der Waals surface area contributed by atoms with Gasteiger partial charge < -0.3 is 14.5 Å². The van der Waals surface area contributed by atoms with Crippen LogP contribution in [0.5, 0.6) is 0 Å². The molecule has 1 saturated heterocycles. The van der Waals surface area contributed by atoms with E-state index < -0.39 is 17.5 Å². The van der Waals surface area contributed by atoms with Gasteiger partial charge in [0.15, 0.2) is 17.7 Å². The lowest BCUT2D eigenvalue weighted by Crippen LogP contribution is -2.56. The van der Waals surface area contributed by atoms with E-state index in [0.29, 0.717) is 5.92 Å². The molecule has 1 aromatic heterocycles. The molecule has 4 heteroatoms. The molecule has 5 aliphatic rings. The molecule has 0 radical (unpaired) electrons. The van der Waals surface area contributed by atoms with Crippen LogP contribution >= 0.6 is 0 Å². The van der Waals surface area contributed by atoms with Gasteiger partial charge in [0, 0.05) is 39.4 Å². The number of aromatic amines is 1. The van der Waals surface area contributed by atoms with Gasteiger partial charge in [-0.25, -0.2) is 0 Å². The zero-order chi connectivity index (χ0) is 21.4. The SMILES string of the molecule is CC1(C)OC23CC[C@@]4(C)C(=CC[C@H]5Cc6c([nH]c7ccccc67)[C@@]54C)C2=CC(=O)[C@@H]1O3. The average Bonchev–Trinajstić information content (AvgIpc) is 3.31. The number of ketones is 1. The average molecular weight is 416 g/mol. The largest absolute Gasteiger partial charge is 0.358 e. The summed E-state index contributed by atoms with van der Waals surface area (Å²) in [5.41, 5.74) is 5.69. The van der Waals surface area contributed by atoms with Crippen LogP contribution in [-0.4, -0.2) is 28.3 Å². The lowest BCUT2D eigenvalue weighted by atomic mass is 9.48. The molecule has 5 atom stereocenters. The zero-order valence-corrected chi connectivity index (χ0v) is 18.7. The van der Waals surface area contributed by atoms with E-state index in [0.717, 1.165) is 31.3 Å². The van der Waals surface area contributed by atoms with E-state index in [1.165, 1.54) is 27.7 Å². The lowest BCUT2D eigenvalue weighted by molar-refractivity contribution is -0.180. The number of carbonyl (C=O) groups is 1. The Labute approximate surface area is 182 Å². The summed E-state index contributed by atoms with van der Waals surface area (Å²) in [6, 6.07) is 8.69. The second-order valence-electron chi connectivity index (χ2n) is 11.2. The van der Waals surface area contributed by atoms with Gasteiger partial charge >= 0.3 is 0 Å². The van der Waals surface area contributed by atoms with Gasteiger partial charge in [-0.3, -0.25) is 4.79 Å². The van der Waals surface area contributed by atoms with Crippen molar-refractivity contribution >= 4 is 16.7 Å². The van der Waals surface area contributed by atoms with Crippen LogP contribution in [0.25, 0.3) is 10.9 Å². The topological polar surface area (TPSA) is 51.3 Å². The summed E-state index contributed by atoms with van der Waals surface area (Å²) in [5.74, 6) is -0.155. The van der Waals surface area contributed by atoms with Crippen molar-refractivity contribution in [1.82, 2.24) is 4.98 Å². The van der Waals surface area contributed by atoms with Crippen LogP contribution in [0.3, 0.4) is 0 Å². The minimum atomic E-state index is -0.765. The maximum atomic E-state index is 13.0. The molecule has 1 N–H and O–H groups in total. The number of rotatable bonds is 0. The predicted octanol–water partition coefficient (Wildman–Crippen LogP) is 5.13. The van der Waals surface area contributed by atoms with Gasteiger partial charge in [0.2, 0.25) is 0 Å².